The predicted octanol–water partition coefficient (Wildman–Crippen LogP) is 10.6. The van der Waals surface area contributed by atoms with Crippen LogP contribution in [0.4, 0.5) is 4.39 Å². The summed E-state index contributed by atoms with van der Waals surface area (Å²) in [5.74, 6) is -0.277. The maximum atomic E-state index is 16.5. The molecule has 0 atom stereocenters. The fourth-order valence-corrected chi connectivity index (χ4v) is 4.76. The fourth-order valence-electron chi connectivity index (χ4n) is 4.18. The average Bonchev–Trinajstić information content (AvgIpc) is 2.85. The fraction of sp³-hybridized carbons (Fsp3) is 0. The first-order chi connectivity index (χ1) is 16.5. The summed E-state index contributed by atoms with van der Waals surface area (Å²) in [4.78, 5) is 0. The van der Waals surface area contributed by atoms with E-state index in [1.807, 2.05) is 109 Å². The molecule has 0 bridgehead atoms. The van der Waals surface area contributed by atoms with Crippen molar-refractivity contribution in [1.29, 1.82) is 0 Å². The van der Waals surface area contributed by atoms with E-state index in [9.17, 15) is 0 Å². The molecule has 0 saturated carbocycles. The second-order valence-corrected chi connectivity index (χ2v) is 9.71. The molecule has 0 nitrogen and oxygen atoms in total. The molecule has 0 aliphatic carbocycles. The first-order valence-corrected chi connectivity index (χ1v) is 12.3. The van der Waals surface area contributed by atoms with Gasteiger partial charge in [0.2, 0.25) is 0 Å². The summed E-state index contributed by atoms with van der Waals surface area (Å²) in [5, 5.41) is 1.24. The van der Waals surface area contributed by atoms with Crippen molar-refractivity contribution in [2.24, 2.45) is 0 Å². The summed E-state index contributed by atoms with van der Waals surface area (Å²) in [7, 11) is 0. The summed E-state index contributed by atoms with van der Waals surface area (Å²) >= 11 is 16.1. The minimum atomic E-state index is -0.277. The highest BCUT2D eigenvalue weighted by Crippen LogP contribution is 2.46. The molecule has 0 saturated heterocycles. The highest BCUT2D eigenvalue weighted by molar-refractivity contribution is 9.10. The van der Waals surface area contributed by atoms with Crippen molar-refractivity contribution in [2.75, 3.05) is 0 Å². The third-order valence-corrected chi connectivity index (χ3v) is 6.77. The molecule has 0 unspecified atom stereocenters. The van der Waals surface area contributed by atoms with Crippen LogP contribution in [0.25, 0.3) is 44.5 Å². The van der Waals surface area contributed by atoms with Crippen LogP contribution in [0.1, 0.15) is 0 Å². The Balaban J connectivity index is 1.93. The van der Waals surface area contributed by atoms with Gasteiger partial charge in [0, 0.05) is 31.2 Å². The van der Waals surface area contributed by atoms with Gasteiger partial charge < -0.3 is 0 Å². The van der Waals surface area contributed by atoms with Crippen molar-refractivity contribution in [3.8, 4) is 44.5 Å². The number of hydrogen-bond acceptors (Lipinski definition) is 0. The van der Waals surface area contributed by atoms with Crippen LogP contribution >= 0.6 is 39.1 Å². The van der Waals surface area contributed by atoms with Crippen LogP contribution in [-0.2, 0) is 0 Å². The molecule has 34 heavy (non-hydrogen) atoms. The van der Waals surface area contributed by atoms with E-state index in [-0.39, 0.29) is 5.82 Å². The van der Waals surface area contributed by atoms with Gasteiger partial charge >= 0.3 is 0 Å². The number of hydrogen-bond donors (Lipinski definition) is 0. The van der Waals surface area contributed by atoms with Gasteiger partial charge in [-0.2, -0.15) is 0 Å². The standard InChI is InChI=1S/C30H18BrCl2F/c31-23-13-9-21(10-14-23)29-28(22-7-4-8-25(33)17-22)26(20-11-15-24(32)16-12-20)18-27(30(29)34)19-5-2-1-3-6-19/h1-18H. The largest absolute Gasteiger partial charge is 0.206 e. The van der Waals surface area contributed by atoms with Gasteiger partial charge in [0.15, 0.2) is 0 Å². The summed E-state index contributed by atoms with van der Waals surface area (Å²) in [6.45, 7) is 0. The van der Waals surface area contributed by atoms with Crippen LogP contribution in [0.2, 0.25) is 10.0 Å². The third kappa shape index (κ3) is 4.54. The minimum absolute atomic E-state index is 0.277. The molecule has 0 fully saturated rings. The summed E-state index contributed by atoms with van der Waals surface area (Å²) in [6, 6.07) is 34.4. The Kier molecular flexibility index (Phi) is 6.56. The summed E-state index contributed by atoms with van der Waals surface area (Å²) in [6.07, 6.45) is 0. The molecule has 0 aromatic heterocycles. The van der Waals surface area contributed by atoms with Crippen LogP contribution in [0.5, 0.6) is 0 Å². The second kappa shape index (κ2) is 9.76. The van der Waals surface area contributed by atoms with Gasteiger partial charge in [-0.05, 0) is 70.3 Å². The zero-order valence-corrected chi connectivity index (χ0v) is 21.0. The monoisotopic (exact) mass is 546 g/mol. The number of benzene rings is 5. The second-order valence-electron chi connectivity index (χ2n) is 7.93. The third-order valence-electron chi connectivity index (χ3n) is 5.75. The average molecular weight is 548 g/mol. The molecule has 0 N–H and O–H groups in total. The van der Waals surface area contributed by atoms with Gasteiger partial charge in [0.1, 0.15) is 5.82 Å². The molecule has 0 aliphatic rings. The molecule has 0 amide bonds. The maximum absolute atomic E-state index is 16.5. The first-order valence-electron chi connectivity index (χ1n) is 10.7. The van der Waals surface area contributed by atoms with Crippen molar-refractivity contribution in [2.45, 2.75) is 0 Å². The van der Waals surface area contributed by atoms with E-state index in [4.69, 9.17) is 23.2 Å². The van der Waals surface area contributed by atoms with Gasteiger partial charge in [0.25, 0.3) is 0 Å². The lowest BCUT2D eigenvalue weighted by atomic mass is 9.84. The highest BCUT2D eigenvalue weighted by atomic mass is 79.9. The van der Waals surface area contributed by atoms with E-state index in [0.29, 0.717) is 21.2 Å². The summed E-state index contributed by atoms with van der Waals surface area (Å²) < 4.78 is 17.4. The Labute approximate surface area is 216 Å². The molecule has 0 spiro atoms. The van der Waals surface area contributed by atoms with Gasteiger partial charge in [0.05, 0.1) is 0 Å². The Bertz CT molecular complexity index is 1460. The van der Waals surface area contributed by atoms with Crippen molar-refractivity contribution >= 4 is 39.1 Å². The SMILES string of the molecule is Fc1c(-c2ccccc2)cc(-c2ccc(Cl)cc2)c(-c2cccc(Cl)c2)c1-c1ccc(Br)cc1. The van der Waals surface area contributed by atoms with Crippen LogP contribution in [0.15, 0.2) is 114 Å². The van der Waals surface area contributed by atoms with Gasteiger partial charge in [-0.1, -0.05) is 106 Å². The highest BCUT2D eigenvalue weighted by Gasteiger charge is 2.23. The molecule has 4 heteroatoms. The van der Waals surface area contributed by atoms with E-state index < -0.39 is 0 Å². The first kappa shape index (κ1) is 22.9. The van der Waals surface area contributed by atoms with E-state index in [1.165, 1.54) is 0 Å². The molecular weight excluding hydrogens is 530 g/mol. The van der Waals surface area contributed by atoms with Gasteiger partial charge in [-0.3, -0.25) is 0 Å². The Morgan fingerprint density at radius 3 is 1.79 bits per heavy atom. The topological polar surface area (TPSA) is 0 Å². The molecule has 0 aliphatic heterocycles. The quantitative estimate of drug-likeness (QED) is 0.210. The van der Waals surface area contributed by atoms with Crippen LogP contribution in [0.3, 0.4) is 0 Å². The number of halogens is 4. The molecule has 0 heterocycles. The van der Waals surface area contributed by atoms with Crippen LogP contribution in [-0.4, -0.2) is 0 Å². The lowest BCUT2D eigenvalue weighted by Gasteiger charge is -2.20. The van der Waals surface area contributed by atoms with Crippen LogP contribution < -0.4 is 0 Å². The normalized spacial score (nSPS) is 10.9. The summed E-state index contributed by atoms with van der Waals surface area (Å²) in [5.41, 5.74) is 6.12. The molecular formula is C30H18BrCl2F. The van der Waals surface area contributed by atoms with Crippen molar-refractivity contribution in [3.63, 3.8) is 0 Å². The Morgan fingerprint density at radius 2 is 1.12 bits per heavy atom. The zero-order chi connectivity index (χ0) is 23.7. The molecule has 5 rings (SSSR count). The van der Waals surface area contributed by atoms with Crippen molar-refractivity contribution < 1.29 is 4.39 Å². The van der Waals surface area contributed by atoms with E-state index >= 15 is 4.39 Å². The zero-order valence-electron chi connectivity index (χ0n) is 17.9. The van der Waals surface area contributed by atoms with Gasteiger partial charge in [-0.25, -0.2) is 4.39 Å². The lowest BCUT2D eigenvalue weighted by Crippen LogP contribution is -1.98. The van der Waals surface area contributed by atoms with E-state index in [0.717, 1.165) is 37.9 Å². The van der Waals surface area contributed by atoms with Crippen molar-refractivity contribution in [1.82, 2.24) is 0 Å². The minimum Gasteiger partial charge on any atom is -0.206 e. The lowest BCUT2D eigenvalue weighted by molar-refractivity contribution is 0.635. The van der Waals surface area contributed by atoms with Crippen molar-refractivity contribution in [3.05, 3.63) is 130 Å². The molecule has 166 valence electrons. The molecule has 5 aromatic carbocycles. The molecule has 5 aromatic rings. The van der Waals surface area contributed by atoms with E-state index in [1.54, 1.807) is 0 Å². The maximum Gasteiger partial charge on any atom is 0.139 e. The van der Waals surface area contributed by atoms with Crippen LogP contribution in [0, 0.1) is 5.82 Å². The molecule has 0 radical (unpaired) electrons. The Hall–Kier alpha value is -2.91. The smallest absolute Gasteiger partial charge is 0.139 e. The number of rotatable bonds is 4. The van der Waals surface area contributed by atoms with E-state index in [2.05, 4.69) is 15.9 Å². The van der Waals surface area contributed by atoms with Gasteiger partial charge in [-0.15, -0.1) is 0 Å². The predicted molar refractivity (Wildman–Crippen MR) is 146 cm³/mol. The Morgan fingerprint density at radius 1 is 0.500 bits per heavy atom.